The summed E-state index contributed by atoms with van der Waals surface area (Å²) in [6.45, 7) is 0. The summed E-state index contributed by atoms with van der Waals surface area (Å²) in [5.41, 5.74) is 1.49. The highest BCUT2D eigenvalue weighted by Crippen LogP contribution is 2.32. The Morgan fingerprint density at radius 3 is 2.60 bits per heavy atom. The van der Waals surface area contributed by atoms with E-state index in [1.165, 1.54) is 43.4 Å². The molecule has 0 atom stereocenters. The lowest BCUT2D eigenvalue weighted by Crippen LogP contribution is -2.22. The average Bonchev–Trinajstić information content (AvgIpc) is 2.83. The largest absolute Gasteiger partial charge is 0.268 e. The maximum atomic E-state index is 12.1. The molecular formula is C12H17NOS. The van der Waals surface area contributed by atoms with E-state index in [1.54, 1.807) is 11.5 Å². The molecule has 0 unspecified atom stereocenters. The number of aromatic nitrogens is 1. The molecule has 1 fully saturated rings. The van der Waals surface area contributed by atoms with Crippen molar-refractivity contribution in [2.24, 2.45) is 0 Å². The van der Waals surface area contributed by atoms with Crippen molar-refractivity contribution in [3.8, 4) is 0 Å². The molecule has 0 radical (unpaired) electrons. The minimum Gasteiger partial charge on any atom is -0.268 e. The van der Waals surface area contributed by atoms with Gasteiger partial charge in [0.05, 0.1) is 0 Å². The quantitative estimate of drug-likeness (QED) is 0.717. The van der Waals surface area contributed by atoms with E-state index in [0.29, 0.717) is 11.6 Å². The fraction of sp³-hybridized carbons (Fsp3) is 0.750. The van der Waals surface area contributed by atoms with E-state index in [9.17, 15) is 4.79 Å². The lowest BCUT2D eigenvalue weighted by Gasteiger charge is -2.21. The lowest BCUT2D eigenvalue weighted by molar-refractivity contribution is 0.365. The molecule has 0 spiro atoms. The fourth-order valence-electron chi connectivity index (χ4n) is 2.89. The van der Waals surface area contributed by atoms with Gasteiger partial charge < -0.3 is 0 Å². The van der Waals surface area contributed by atoms with E-state index in [-0.39, 0.29) is 0 Å². The van der Waals surface area contributed by atoms with Crippen LogP contribution in [0.2, 0.25) is 0 Å². The Labute approximate surface area is 94.1 Å². The highest BCUT2D eigenvalue weighted by atomic mass is 32.1. The Kier molecular flexibility index (Phi) is 2.43. The smallest absolute Gasteiger partial charge is 0.264 e. The summed E-state index contributed by atoms with van der Waals surface area (Å²) in [6.07, 6.45) is 9.79. The van der Waals surface area contributed by atoms with Crippen molar-refractivity contribution in [3.63, 3.8) is 0 Å². The van der Waals surface area contributed by atoms with Crippen LogP contribution in [0.5, 0.6) is 0 Å². The Morgan fingerprint density at radius 1 is 1.07 bits per heavy atom. The molecule has 0 aromatic carbocycles. The molecule has 0 N–H and O–H groups in total. The molecule has 1 aromatic heterocycles. The number of fused-ring (bicyclic) bond motifs is 1. The molecule has 1 aromatic rings. The third-order valence-electron chi connectivity index (χ3n) is 3.74. The number of hydrogen-bond donors (Lipinski definition) is 0. The Bertz CT molecular complexity index is 412. The van der Waals surface area contributed by atoms with Gasteiger partial charge in [-0.15, -0.1) is 0 Å². The molecule has 1 saturated carbocycles. The van der Waals surface area contributed by atoms with Gasteiger partial charge in [0.2, 0.25) is 0 Å². The highest BCUT2D eigenvalue weighted by Gasteiger charge is 2.24. The van der Waals surface area contributed by atoms with Crippen LogP contribution in [0.3, 0.4) is 0 Å². The topological polar surface area (TPSA) is 22.0 Å². The molecule has 82 valence electrons. The molecule has 2 aliphatic carbocycles. The highest BCUT2D eigenvalue weighted by molar-refractivity contribution is 7.06. The minimum absolute atomic E-state index is 0.347. The third-order valence-corrected chi connectivity index (χ3v) is 5.07. The Hall–Kier alpha value is -0.570. The summed E-state index contributed by atoms with van der Waals surface area (Å²) in [5.74, 6) is 0. The van der Waals surface area contributed by atoms with Gasteiger partial charge in [0.25, 0.3) is 5.56 Å². The van der Waals surface area contributed by atoms with E-state index in [4.69, 9.17) is 0 Å². The molecule has 0 saturated heterocycles. The first-order valence-electron chi connectivity index (χ1n) is 6.10. The van der Waals surface area contributed by atoms with E-state index < -0.39 is 0 Å². The zero-order valence-electron chi connectivity index (χ0n) is 9.00. The van der Waals surface area contributed by atoms with Crippen LogP contribution in [0.1, 0.15) is 55.0 Å². The first-order valence-corrected chi connectivity index (χ1v) is 6.87. The monoisotopic (exact) mass is 223 g/mol. The summed E-state index contributed by atoms with van der Waals surface area (Å²) in [4.78, 5) is 13.5. The first-order chi connectivity index (χ1) is 7.36. The first kappa shape index (κ1) is 9.64. The molecule has 0 aliphatic heterocycles. The van der Waals surface area contributed by atoms with E-state index in [2.05, 4.69) is 3.96 Å². The van der Waals surface area contributed by atoms with Crippen LogP contribution in [0, 0.1) is 0 Å². The van der Waals surface area contributed by atoms with Crippen LogP contribution >= 0.6 is 11.5 Å². The summed E-state index contributed by atoms with van der Waals surface area (Å²) in [5, 5.41) is 0. The van der Waals surface area contributed by atoms with Gasteiger partial charge in [-0.25, -0.2) is 0 Å². The van der Waals surface area contributed by atoms with E-state index in [0.717, 1.165) is 18.4 Å². The maximum Gasteiger partial charge on any atom is 0.264 e. The van der Waals surface area contributed by atoms with Crippen LogP contribution < -0.4 is 5.56 Å². The summed E-state index contributed by atoms with van der Waals surface area (Å²) in [6, 6.07) is 0.529. The molecule has 2 aliphatic rings. The number of nitrogens with zero attached hydrogens (tertiary/aromatic N) is 1. The number of rotatable bonds is 1. The molecule has 0 amide bonds. The summed E-state index contributed by atoms with van der Waals surface area (Å²) >= 11 is 1.76. The van der Waals surface area contributed by atoms with Gasteiger partial charge in [0.15, 0.2) is 0 Å². The number of hydrogen-bond acceptors (Lipinski definition) is 2. The average molecular weight is 223 g/mol. The van der Waals surface area contributed by atoms with Gasteiger partial charge in [0.1, 0.15) is 0 Å². The van der Waals surface area contributed by atoms with Crippen LogP contribution in [-0.2, 0) is 12.8 Å². The standard InChI is InChI=1S/C12H17NOS/c14-12-10-7-4-8-11(10)15-13(12)9-5-2-1-3-6-9/h9H,1-8H2. The second kappa shape index (κ2) is 3.78. The Morgan fingerprint density at radius 2 is 1.87 bits per heavy atom. The molecular weight excluding hydrogens is 206 g/mol. The van der Waals surface area contributed by atoms with Crippen molar-refractivity contribution in [1.29, 1.82) is 0 Å². The normalized spacial score (nSPS) is 21.9. The van der Waals surface area contributed by atoms with Crippen molar-refractivity contribution in [3.05, 3.63) is 20.8 Å². The second-order valence-corrected chi connectivity index (χ2v) is 5.84. The van der Waals surface area contributed by atoms with Gasteiger partial charge >= 0.3 is 0 Å². The molecule has 2 nitrogen and oxygen atoms in total. The molecule has 1 heterocycles. The second-order valence-electron chi connectivity index (χ2n) is 4.77. The number of aryl methyl sites for hydroxylation is 1. The van der Waals surface area contributed by atoms with Gasteiger partial charge in [0, 0.05) is 16.5 Å². The van der Waals surface area contributed by atoms with Crippen molar-refractivity contribution >= 4 is 11.5 Å². The summed E-state index contributed by atoms with van der Waals surface area (Å²) in [7, 11) is 0. The molecule has 0 bridgehead atoms. The van der Waals surface area contributed by atoms with Crippen molar-refractivity contribution in [1.82, 2.24) is 3.96 Å². The zero-order chi connectivity index (χ0) is 10.3. The third kappa shape index (κ3) is 1.57. The van der Waals surface area contributed by atoms with Gasteiger partial charge in [-0.2, -0.15) is 0 Å². The lowest BCUT2D eigenvalue weighted by atomic mass is 9.96. The zero-order valence-corrected chi connectivity index (χ0v) is 9.81. The Balaban J connectivity index is 1.95. The van der Waals surface area contributed by atoms with Gasteiger partial charge in [-0.3, -0.25) is 8.75 Å². The predicted octanol–water partition coefficient (Wildman–Crippen LogP) is 2.90. The van der Waals surface area contributed by atoms with Crippen molar-refractivity contribution in [2.45, 2.75) is 57.4 Å². The predicted molar refractivity (Wildman–Crippen MR) is 62.7 cm³/mol. The van der Waals surface area contributed by atoms with Gasteiger partial charge in [-0.05, 0) is 32.1 Å². The minimum atomic E-state index is 0.347. The van der Waals surface area contributed by atoms with E-state index in [1.807, 2.05) is 0 Å². The van der Waals surface area contributed by atoms with Crippen LogP contribution in [0.15, 0.2) is 4.79 Å². The maximum absolute atomic E-state index is 12.1. The van der Waals surface area contributed by atoms with E-state index >= 15 is 0 Å². The molecule has 15 heavy (non-hydrogen) atoms. The van der Waals surface area contributed by atoms with Crippen LogP contribution in [0.25, 0.3) is 0 Å². The van der Waals surface area contributed by atoms with Crippen molar-refractivity contribution in [2.75, 3.05) is 0 Å². The van der Waals surface area contributed by atoms with Gasteiger partial charge in [-0.1, -0.05) is 30.8 Å². The molecule has 3 rings (SSSR count). The van der Waals surface area contributed by atoms with Crippen LogP contribution in [-0.4, -0.2) is 3.96 Å². The summed E-state index contributed by atoms with van der Waals surface area (Å²) < 4.78 is 2.09. The molecule has 3 heteroatoms. The van der Waals surface area contributed by atoms with Crippen molar-refractivity contribution < 1.29 is 0 Å². The van der Waals surface area contributed by atoms with Crippen LogP contribution in [0.4, 0.5) is 0 Å². The fourth-order valence-corrected chi connectivity index (χ4v) is 4.22. The SMILES string of the molecule is O=c1c2c(sn1C1CCCCC1)CCC2.